The summed E-state index contributed by atoms with van der Waals surface area (Å²) < 4.78 is 3.21. The molecule has 0 amide bonds. The number of hydrogen-bond acceptors (Lipinski definition) is 9. The third-order valence-electron chi connectivity index (χ3n) is 7.31. The second-order valence-corrected chi connectivity index (χ2v) is 10.4. The monoisotopic (exact) mass is 512 g/mol. The SMILES string of the molecule is C=C(c1ccnc(NSC)c1)N1CC[C@@H](N2Cc3cnc(Nc4ccc(C)c(C#N)c4)nc3C2)C[C@H]1C. The number of nitriles is 1. The number of anilines is 3. The van der Waals surface area contributed by atoms with Crippen LogP contribution in [0.2, 0.25) is 0 Å². The van der Waals surface area contributed by atoms with E-state index in [1.165, 1.54) is 17.5 Å². The van der Waals surface area contributed by atoms with Crippen molar-refractivity contribution in [2.75, 3.05) is 22.8 Å². The maximum absolute atomic E-state index is 9.31. The van der Waals surface area contributed by atoms with E-state index in [2.05, 4.69) is 55.4 Å². The van der Waals surface area contributed by atoms with Gasteiger partial charge < -0.3 is 14.9 Å². The Morgan fingerprint density at radius 1 is 1.22 bits per heavy atom. The molecule has 0 radical (unpaired) electrons. The summed E-state index contributed by atoms with van der Waals surface area (Å²) in [5, 5.41) is 12.6. The predicted octanol–water partition coefficient (Wildman–Crippen LogP) is 5.32. The van der Waals surface area contributed by atoms with E-state index in [9.17, 15) is 5.26 Å². The topological polar surface area (TPSA) is 93.0 Å². The van der Waals surface area contributed by atoms with Crippen molar-refractivity contribution < 1.29 is 0 Å². The van der Waals surface area contributed by atoms with Gasteiger partial charge in [0.1, 0.15) is 5.82 Å². The van der Waals surface area contributed by atoms with E-state index >= 15 is 0 Å². The van der Waals surface area contributed by atoms with Crippen LogP contribution < -0.4 is 10.0 Å². The van der Waals surface area contributed by atoms with E-state index in [1.807, 2.05) is 49.8 Å². The molecule has 2 aromatic heterocycles. The Morgan fingerprint density at radius 3 is 2.86 bits per heavy atom. The summed E-state index contributed by atoms with van der Waals surface area (Å²) in [7, 11) is 0. The fourth-order valence-corrected chi connectivity index (χ4v) is 5.58. The zero-order chi connectivity index (χ0) is 25.9. The van der Waals surface area contributed by atoms with E-state index < -0.39 is 0 Å². The highest BCUT2D eigenvalue weighted by atomic mass is 32.2. The summed E-state index contributed by atoms with van der Waals surface area (Å²) in [6.45, 7) is 11.3. The maximum atomic E-state index is 9.31. The molecule has 5 rings (SSSR count). The van der Waals surface area contributed by atoms with Gasteiger partial charge >= 0.3 is 0 Å². The molecule has 9 heteroatoms. The first kappa shape index (κ1) is 25.1. The Morgan fingerprint density at radius 2 is 2.08 bits per heavy atom. The van der Waals surface area contributed by atoms with Crippen LogP contribution in [0.1, 0.15) is 47.7 Å². The number of nitrogens with one attached hydrogen (secondary N) is 2. The molecule has 2 aliphatic rings. The van der Waals surface area contributed by atoms with Gasteiger partial charge in [0.25, 0.3) is 0 Å². The maximum Gasteiger partial charge on any atom is 0.227 e. The zero-order valence-electron chi connectivity index (χ0n) is 21.5. The average Bonchev–Trinajstić information content (AvgIpc) is 3.33. The van der Waals surface area contributed by atoms with Crippen molar-refractivity contribution in [2.24, 2.45) is 0 Å². The molecule has 1 saturated heterocycles. The van der Waals surface area contributed by atoms with Crippen LogP contribution in [0.25, 0.3) is 5.70 Å². The number of fused-ring (bicyclic) bond motifs is 1. The molecule has 4 heterocycles. The lowest BCUT2D eigenvalue weighted by Gasteiger charge is -2.43. The predicted molar refractivity (Wildman–Crippen MR) is 150 cm³/mol. The van der Waals surface area contributed by atoms with Gasteiger partial charge in [0, 0.05) is 72.9 Å². The van der Waals surface area contributed by atoms with Crippen LogP contribution in [0.5, 0.6) is 0 Å². The Kier molecular flexibility index (Phi) is 7.31. The molecule has 8 nitrogen and oxygen atoms in total. The molecule has 37 heavy (non-hydrogen) atoms. The molecule has 0 unspecified atom stereocenters. The molecule has 0 spiro atoms. The van der Waals surface area contributed by atoms with Crippen molar-refractivity contribution in [3.8, 4) is 6.07 Å². The van der Waals surface area contributed by atoms with Crippen LogP contribution >= 0.6 is 11.9 Å². The van der Waals surface area contributed by atoms with Gasteiger partial charge in [0.15, 0.2) is 0 Å². The van der Waals surface area contributed by atoms with Gasteiger partial charge in [0.2, 0.25) is 5.95 Å². The van der Waals surface area contributed by atoms with Crippen molar-refractivity contribution in [1.82, 2.24) is 24.8 Å². The minimum absolute atomic E-state index is 0.388. The highest BCUT2D eigenvalue weighted by Gasteiger charge is 2.33. The fourth-order valence-electron chi connectivity index (χ4n) is 5.26. The lowest BCUT2D eigenvalue weighted by atomic mass is 9.95. The van der Waals surface area contributed by atoms with Crippen molar-refractivity contribution in [2.45, 2.75) is 51.9 Å². The summed E-state index contributed by atoms with van der Waals surface area (Å²) in [6.07, 6.45) is 7.92. The summed E-state index contributed by atoms with van der Waals surface area (Å²) >= 11 is 1.54. The van der Waals surface area contributed by atoms with E-state index in [-0.39, 0.29) is 0 Å². The van der Waals surface area contributed by atoms with Crippen molar-refractivity contribution in [1.29, 1.82) is 5.26 Å². The lowest BCUT2D eigenvalue weighted by Crippen LogP contribution is -2.46. The number of benzene rings is 1. The molecule has 1 aromatic carbocycles. The van der Waals surface area contributed by atoms with Gasteiger partial charge in [-0.3, -0.25) is 4.90 Å². The minimum atomic E-state index is 0.388. The van der Waals surface area contributed by atoms with Gasteiger partial charge in [0.05, 0.1) is 17.3 Å². The summed E-state index contributed by atoms with van der Waals surface area (Å²) in [6, 6.07) is 12.9. The van der Waals surface area contributed by atoms with E-state index in [4.69, 9.17) is 4.98 Å². The van der Waals surface area contributed by atoms with Gasteiger partial charge in [-0.05, 0) is 56.5 Å². The van der Waals surface area contributed by atoms with Crippen LogP contribution in [0.3, 0.4) is 0 Å². The van der Waals surface area contributed by atoms with Gasteiger partial charge in [-0.25, -0.2) is 15.0 Å². The Labute approximate surface area is 223 Å². The molecule has 2 aliphatic heterocycles. The largest absolute Gasteiger partial charge is 0.369 e. The van der Waals surface area contributed by atoms with Gasteiger partial charge in [-0.15, -0.1) is 0 Å². The minimum Gasteiger partial charge on any atom is -0.369 e. The number of aromatic nitrogens is 3. The Bertz CT molecular complexity index is 1350. The summed E-state index contributed by atoms with van der Waals surface area (Å²) in [4.78, 5) is 18.7. The first-order chi connectivity index (χ1) is 17.9. The Hall–Kier alpha value is -3.61. The normalized spacial score (nSPS) is 19.2. The van der Waals surface area contributed by atoms with Crippen LogP contribution in [-0.2, 0) is 13.1 Å². The molecular weight excluding hydrogens is 480 g/mol. The molecule has 1 fully saturated rings. The van der Waals surface area contributed by atoms with Crippen molar-refractivity contribution >= 4 is 35.1 Å². The highest BCUT2D eigenvalue weighted by Crippen LogP contribution is 2.33. The third-order valence-corrected chi connectivity index (χ3v) is 7.72. The van der Waals surface area contributed by atoms with Crippen LogP contribution in [0.4, 0.5) is 17.5 Å². The first-order valence-electron chi connectivity index (χ1n) is 12.5. The molecule has 3 aromatic rings. The third kappa shape index (κ3) is 5.41. The van der Waals surface area contributed by atoms with Crippen LogP contribution in [0, 0.1) is 18.3 Å². The quantitative estimate of drug-likeness (QED) is 0.408. The number of likely N-dealkylation sites (tertiary alicyclic amines) is 1. The molecule has 0 saturated carbocycles. The number of piperidine rings is 1. The number of hydrogen-bond donors (Lipinski definition) is 2. The number of pyridine rings is 1. The molecule has 190 valence electrons. The number of nitrogens with zero attached hydrogens (tertiary/aromatic N) is 6. The van der Waals surface area contributed by atoms with Gasteiger partial charge in [-0.1, -0.05) is 24.6 Å². The van der Waals surface area contributed by atoms with E-state index in [0.717, 1.165) is 66.5 Å². The van der Waals surface area contributed by atoms with Gasteiger partial charge in [-0.2, -0.15) is 5.26 Å². The second kappa shape index (κ2) is 10.8. The average molecular weight is 513 g/mol. The summed E-state index contributed by atoms with van der Waals surface area (Å²) in [5.41, 5.74) is 6.87. The van der Waals surface area contributed by atoms with E-state index in [1.54, 1.807) is 0 Å². The first-order valence-corrected chi connectivity index (χ1v) is 13.7. The highest BCUT2D eigenvalue weighted by molar-refractivity contribution is 7.99. The molecular formula is C28H32N8S. The lowest BCUT2D eigenvalue weighted by molar-refractivity contribution is 0.102. The summed E-state index contributed by atoms with van der Waals surface area (Å²) in [5.74, 6) is 1.42. The van der Waals surface area contributed by atoms with Crippen LogP contribution in [-0.4, -0.2) is 49.6 Å². The Balaban J connectivity index is 1.21. The van der Waals surface area contributed by atoms with Crippen LogP contribution in [0.15, 0.2) is 49.3 Å². The molecule has 2 atom stereocenters. The number of aryl methyl sites for hydroxylation is 1. The molecule has 0 bridgehead atoms. The molecule has 0 aliphatic carbocycles. The zero-order valence-corrected chi connectivity index (χ0v) is 22.3. The van der Waals surface area contributed by atoms with Crippen molar-refractivity contribution in [3.05, 3.63) is 77.3 Å². The fraction of sp³-hybridized carbons (Fsp3) is 0.357. The smallest absolute Gasteiger partial charge is 0.227 e. The molecule has 2 N–H and O–H groups in total. The second-order valence-electron chi connectivity index (χ2n) is 9.74. The van der Waals surface area contributed by atoms with E-state index in [0.29, 0.717) is 23.6 Å². The number of rotatable bonds is 7. The van der Waals surface area contributed by atoms with Crippen molar-refractivity contribution in [3.63, 3.8) is 0 Å². The standard InChI is InChI=1S/C28H32N8S/c1-18-5-6-24(12-22(18)14-29)32-28-31-15-23-16-35(17-26(23)33-28)25-8-10-36(19(2)11-25)20(3)21-7-9-30-27(13-21)34-37-4/h5-7,9,12-13,15,19,25H,3,8,10-11,16-17H2,1-2,4H3,(H,30,34)(H,31,32,33)/t19-,25-/m1/s1.